The van der Waals surface area contributed by atoms with Crippen LogP contribution < -0.4 is 5.32 Å². The van der Waals surface area contributed by atoms with Crippen LogP contribution in [0.1, 0.15) is 0 Å². The molecule has 0 aliphatic carbocycles. The quantitative estimate of drug-likeness (QED) is 0.840. The molecule has 1 aromatic carbocycles. The first-order chi connectivity index (χ1) is 7.81. The van der Waals surface area contributed by atoms with Crippen LogP contribution >= 0.6 is 0 Å². The van der Waals surface area contributed by atoms with Crippen LogP contribution in [0.25, 0.3) is 0 Å². The van der Waals surface area contributed by atoms with Crippen molar-refractivity contribution in [2.24, 2.45) is 0 Å². The van der Waals surface area contributed by atoms with Crippen LogP contribution in [0.5, 0.6) is 0 Å². The standard InChI is InChI=1S/C9H9F3N2O2S/c10-9(11,12)5-14-6-13-7-3-1-2-4-8(7)17(14,15)16/h1-4,13H,5-6H2. The number of nitrogens with one attached hydrogen (secondary N) is 1. The Morgan fingerprint density at radius 1 is 1.29 bits per heavy atom. The number of anilines is 1. The Labute approximate surface area is 96.1 Å². The molecule has 17 heavy (non-hydrogen) atoms. The maximum Gasteiger partial charge on any atom is 0.402 e. The molecule has 0 atom stereocenters. The monoisotopic (exact) mass is 266 g/mol. The first-order valence-corrected chi connectivity index (χ1v) is 6.14. The van der Waals surface area contributed by atoms with E-state index >= 15 is 0 Å². The van der Waals surface area contributed by atoms with Crippen molar-refractivity contribution in [3.8, 4) is 0 Å². The number of sulfonamides is 1. The van der Waals surface area contributed by atoms with E-state index in [0.717, 1.165) is 0 Å². The lowest BCUT2D eigenvalue weighted by Crippen LogP contribution is -2.44. The third-order valence-corrected chi connectivity index (χ3v) is 4.16. The Hall–Kier alpha value is -1.28. The van der Waals surface area contributed by atoms with Crippen LogP contribution in [0.3, 0.4) is 0 Å². The van der Waals surface area contributed by atoms with Crippen LogP contribution in [0.15, 0.2) is 29.2 Å². The second-order valence-corrected chi connectivity index (χ2v) is 5.47. The van der Waals surface area contributed by atoms with E-state index in [9.17, 15) is 21.6 Å². The van der Waals surface area contributed by atoms with Crippen molar-refractivity contribution < 1.29 is 21.6 Å². The van der Waals surface area contributed by atoms with Crippen LogP contribution in [0.4, 0.5) is 18.9 Å². The smallest absolute Gasteiger partial charge is 0.370 e. The summed E-state index contributed by atoms with van der Waals surface area (Å²) in [6, 6.07) is 5.87. The molecule has 1 aromatic rings. The maximum atomic E-state index is 12.2. The molecule has 0 radical (unpaired) electrons. The number of hydrogen-bond donors (Lipinski definition) is 1. The Morgan fingerprint density at radius 2 is 1.94 bits per heavy atom. The number of nitrogens with zero attached hydrogens (tertiary/aromatic N) is 1. The summed E-state index contributed by atoms with van der Waals surface area (Å²) in [4.78, 5) is -0.129. The van der Waals surface area contributed by atoms with Gasteiger partial charge in [-0.3, -0.25) is 0 Å². The van der Waals surface area contributed by atoms with Gasteiger partial charge in [-0.2, -0.15) is 17.5 Å². The summed E-state index contributed by atoms with van der Waals surface area (Å²) >= 11 is 0. The molecule has 8 heteroatoms. The van der Waals surface area contributed by atoms with Crippen LogP contribution in [0.2, 0.25) is 0 Å². The summed E-state index contributed by atoms with van der Waals surface area (Å²) in [6.45, 7) is -1.87. The minimum absolute atomic E-state index is 0.129. The Bertz CT molecular complexity index is 527. The third kappa shape index (κ3) is 2.37. The zero-order valence-corrected chi connectivity index (χ0v) is 9.35. The fourth-order valence-electron chi connectivity index (χ4n) is 1.58. The van der Waals surface area contributed by atoms with Gasteiger partial charge >= 0.3 is 6.18 Å². The van der Waals surface area contributed by atoms with Gasteiger partial charge in [-0.1, -0.05) is 12.1 Å². The van der Waals surface area contributed by atoms with E-state index in [1.165, 1.54) is 18.2 Å². The first kappa shape index (κ1) is 12.2. The van der Waals surface area contributed by atoms with E-state index in [0.29, 0.717) is 9.99 Å². The Kier molecular flexibility index (Phi) is 2.78. The second kappa shape index (κ2) is 3.88. The molecule has 0 saturated heterocycles. The van der Waals surface area contributed by atoms with Crippen molar-refractivity contribution in [2.45, 2.75) is 11.1 Å². The van der Waals surface area contributed by atoms with Gasteiger partial charge in [0.15, 0.2) is 0 Å². The molecule has 1 N–H and O–H groups in total. The summed E-state index contributed by atoms with van der Waals surface area (Å²) in [5, 5.41) is 2.64. The van der Waals surface area contributed by atoms with Crippen LogP contribution in [-0.4, -0.2) is 32.1 Å². The van der Waals surface area contributed by atoms with E-state index in [-0.39, 0.29) is 11.6 Å². The molecule has 0 aromatic heterocycles. The molecule has 0 spiro atoms. The van der Waals surface area contributed by atoms with Gasteiger partial charge in [0, 0.05) is 0 Å². The Balaban J connectivity index is 2.39. The van der Waals surface area contributed by atoms with Gasteiger partial charge in [0.05, 0.1) is 12.4 Å². The normalized spacial score (nSPS) is 19.5. The molecule has 0 saturated carbocycles. The zero-order chi connectivity index (χ0) is 12.7. The summed E-state index contributed by atoms with van der Waals surface area (Å²) in [5.41, 5.74) is 0.325. The highest BCUT2D eigenvalue weighted by Gasteiger charge is 2.39. The van der Waals surface area contributed by atoms with Crippen molar-refractivity contribution in [2.75, 3.05) is 18.5 Å². The number of hydrogen-bond acceptors (Lipinski definition) is 3. The average Bonchev–Trinajstić information content (AvgIpc) is 2.21. The number of rotatable bonds is 1. The first-order valence-electron chi connectivity index (χ1n) is 4.70. The topological polar surface area (TPSA) is 49.4 Å². The Morgan fingerprint density at radius 3 is 2.59 bits per heavy atom. The van der Waals surface area contributed by atoms with Gasteiger partial charge in [0.1, 0.15) is 11.4 Å². The molecule has 1 aliphatic heterocycles. The lowest BCUT2D eigenvalue weighted by molar-refractivity contribution is -0.135. The number of alkyl halides is 3. The van der Waals surface area contributed by atoms with Crippen molar-refractivity contribution in [3.05, 3.63) is 24.3 Å². The van der Waals surface area contributed by atoms with Gasteiger partial charge in [-0.25, -0.2) is 8.42 Å². The van der Waals surface area contributed by atoms with E-state index in [2.05, 4.69) is 5.32 Å². The van der Waals surface area contributed by atoms with Crippen molar-refractivity contribution in [1.82, 2.24) is 4.31 Å². The molecule has 1 aliphatic rings. The van der Waals surface area contributed by atoms with Crippen molar-refractivity contribution >= 4 is 15.7 Å². The molecule has 0 unspecified atom stereocenters. The van der Waals surface area contributed by atoms with Gasteiger partial charge in [-0.15, -0.1) is 0 Å². The van der Waals surface area contributed by atoms with Crippen molar-refractivity contribution in [3.63, 3.8) is 0 Å². The van der Waals surface area contributed by atoms with E-state index in [1.807, 2.05) is 0 Å². The number of para-hydroxylation sites is 1. The molecule has 1 heterocycles. The highest BCUT2D eigenvalue weighted by molar-refractivity contribution is 7.89. The predicted molar refractivity (Wildman–Crippen MR) is 54.9 cm³/mol. The average molecular weight is 266 g/mol. The third-order valence-electron chi connectivity index (χ3n) is 2.31. The van der Waals surface area contributed by atoms with E-state index in [4.69, 9.17) is 0 Å². The fourth-order valence-corrected chi connectivity index (χ4v) is 3.07. The highest BCUT2D eigenvalue weighted by Crippen LogP contribution is 2.30. The van der Waals surface area contributed by atoms with Crippen LogP contribution in [0, 0.1) is 0 Å². The number of halogens is 3. The molecule has 0 fully saturated rings. The van der Waals surface area contributed by atoms with E-state index in [1.54, 1.807) is 6.07 Å². The fraction of sp³-hybridized carbons (Fsp3) is 0.333. The molecule has 4 nitrogen and oxygen atoms in total. The van der Waals surface area contributed by atoms with Crippen molar-refractivity contribution in [1.29, 1.82) is 0 Å². The zero-order valence-electron chi connectivity index (χ0n) is 8.53. The summed E-state index contributed by atoms with van der Waals surface area (Å²) in [6.07, 6.45) is -4.55. The largest absolute Gasteiger partial charge is 0.402 e. The molecule has 94 valence electrons. The predicted octanol–water partition coefficient (Wildman–Crippen LogP) is 1.62. The van der Waals surface area contributed by atoms with Gasteiger partial charge in [0.25, 0.3) is 0 Å². The minimum Gasteiger partial charge on any atom is -0.370 e. The lowest BCUT2D eigenvalue weighted by atomic mass is 10.3. The molecule has 2 rings (SSSR count). The summed E-state index contributed by atoms with van der Waals surface area (Å²) in [5.74, 6) is 0. The van der Waals surface area contributed by atoms with Gasteiger partial charge < -0.3 is 5.32 Å². The minimum atomic E-state index is -4.55. The summed E-state index contributed by atoms with van der Waals surface area (Å²) in [7, 11) is -4.07. The molecule has 0 bridgehead atoms. The molecular weight excluding hydrogens is 257 g/mol. The van der Waals surface area contributed by atoms with Gasteiger partial charge in [-0.05, 0) is 12.1 Å². The lowest BCUT2D eigenvalue weighted by Gasteiger charge is -2.29. The molecule has 0 amide bonds. The highest BCUT2D eigenvalue weighted by atomic mass is 32.2. The molecular formula is C9H9F3N2O2S. The van der Waals surface area contributed by atoms with E-state index < -0.39 is 22.7 Å². The second-order valence-electron chi connectivity index (χ2n) is 3.56. The number of benzene rings is 1. The SMILES string of the molecule is O=S1(=O)c2ccccc2NCN1CC(F)(F)F. The van der Waals surface area contributed by atoms with Gasteiger partial charge in [0.2, 0.25) is 10.0 Å². The summed E-state index contributed by atoms with van der Waals surface area (Å²) < 4.78 is 60.8. The number of fused-ring (bicyclic) bond motifs is 1. The maximum absolute atomic E-state index is 12.2. The van der Waals surface area contributed by atoms with Crippen LogP contribution in [-0.2, 0) is 10.0 Å².